The van der Waals surface area contributed by atoms with Crippen LogP contribution in [0.5, 0.6) is 0 Å². The third-order valence-electron chi connectivity index (χ3n) is 5.59. The van der Waals surface area contributed by atoms with Crippen LogP contribution in [0.1, 0.15) is 27.4 Å². The van der Waals surface area contributed by atoms with Crippen molar-refractivity contribution in [3.63, 3.8) is 0 Å². The fourth-order valence-electron chi connectivity index (χ4n) is 3.90. The molecule has 7 nitrogen and oxygen atoms in total. The van der Waals surface area contributed by atoms with Gasteiger partial charge in [-0.25, -0.2) is 9.59 Å². The van der Waals surface area contributed by atoms with Gasteiger partial charge in [0.1, 0.15) is 6.61 Å². The molecule has 0 aromatic heterocycles. The molecule has 1 aliphatic carbocycles. The van der Waals surface area contributed by atoms with E-state index >= 15 is 0 Å². The van der Waals surface area contributed by atoms with Gasteiger partial charge in [0.25, 0.3) is 5.91 Å². The minimum Gasteiger partial charge on any atom is -0.478 e. The van der Waals surface area contributed by atoms with E-state index in [1.54, 1.807) is 0 Å². The highest BCUT2D eigenvalue weighted by Gasteiger charge is 2.39. The molecular weight excluding hydrogens is 482 g/mol. The maximum atomic E-state index is 14.3. The van der Waals surface area contributed by atoms with Gasteiger partial charge >= 0.3 is 18.0 Å². The Balaban J connectivity index is 1.33. The number of benzene rings is 3. The smallest absolute Gasteiger partial charge is 0.407 e. The number of aromatic carboxylic acids is 1. The van der Waals surface area contributed by atoms with E-state index in [2.05, 4.69) is 0 Å². The third kappa shape index (κ3) is 5.09. The summed E-state index contributed by atoms with van der Waals surface area (Å²) in [6.07, 6.45) is -1.09. The number of amides is 2. The molecule has 4 rings (SSSR count). The summed E-state index contributed by atoms with van der Waals surface area (Å²) >= 11 is 5.78. The highest BCUT2D eigenvalue weighted by atomic mass is 35.5. The zero-order valence-electron chi connectivity index (χ0n) is 18.1. The molecule has 0 fully saturated rings. The van der Waals surface area contributed by atoms with Crippen molar-refractivity contribution in [3.8, 4) is 11.1 Å². The topological polar surface area (TPSA) is 105 Å². The van der Waals surface area contributed by atoms with E-state index in [1.165, 1.54) is 0 Å². The first-order valence-corrected chi connectivity index (χ1v) is 10.9. The second-order valence-electron chi connectivity index (χ2n) is 7.84. The van der Waals surface area contributed by atoms with E-state index in [0.717, 1.165) is 40.5 Å². The minimum atomic E-state index is -3.97. The fraction of sp³-hybridized carbons (Fsp3) is 0.160. The van der Waals surface area contributed by atoms with Crippen LogP contribution >= 0.6 is 11.6 Å². The molecule has 3 N–H and O–H groups in total. The molecule has 0 spiro atoms. The number of hydrogen-bond donors (Lipinski definition) is 3. The Morgan fingerprint density at radius 1 is 0.971 bits per heavy atom. The number of fused-ring (bicyclic) bond motifs is 3. The van der Waals surface area contributed by atoms with Gasteiger partial charge in [-0.1, -0.05) is 60.1 Å². The van der Waals surface area contributed by atoms with Crippen molar-refractivity contribution >= 4 is 35.3 Å². The highest BCUT2D eigenvalue weighted by molar-refractivity contribution is 6.33. The Labute approximate surface area is 203 Å². The summed E-state index contributed by atoms with van der Waals surface area (Å²) in [6, 6.07) is 18.6. The highest BCUT2D eigenvalue weighted by Crippen LogP contribution is 2.44. The van der Waals surface area contributed by atoms with E-state index in [1.807, 2.05) is 59.2 Å². The normalized spacial score (nSPS) is 12.4. The van der Waals surface area contributed by atoms with Gasteiger partial charge in [-0.15, -0.1) is 0 Å². The van der Waals surface area contributed by atoms with Gasteiger partial charge in [0.15, 0.2) is 0 Å². The van der Waals surface area contributed by atoms with Crippen molar-refractivity contribution in [2.75, 3.05) is 18.5 Å². The molecule has 0 saturated heterocycles. The Morgan fingerprint density at radius 2 is 1.57 bits per heavy atom. The van der Waals surface area contributed by atoms with Gasteiger partial charge in [-0.2, -0.15) is 8.78 Å². The van der Waals surface area contributed by atoms with Crippen molar-refractivity contribution < 1.29 is 33.0 Å². The van der Waals surface area contributed by atoms with Crippen LogP contribution < -0.4 is 10.6 Å². The summed E-state index contributed by atoms with van der Waals surface area (Å²) in [5.41, 5.74) is 3.63. The summed E-state index contributed by atoms with van der Waals surface area (Å²) in [4.78, 5) is 35.1. The first-order chi connectivity index (χ1) is 16.7. The van der Waals surface area contributed by atoms with Crippen LogP contribution in [0.3, 0.4) is 0 Å². The monoisotopic (exact) mass is 500 g/mol. The maximum Gasteiger partial charge on any atom is 0.407 e. The lowest BCUT2D eigenvalue weighted by molar-refractivity contribution is -0.138. The van der Waals surface area contributed by atoms with E-state index in [-0.39, 0.29) is 28.8 Å². The molecular formula is C25H19ClF2N2O5. The molecule has 0 atom stereocenters. The molecule has 3 aromatic rings. The van der Waals surface area contributed by atoms with Crippen molar-refractivity contribution in [1.82, 2.24) is 5.32 Å². The van der Waals surface area contributed by atoms with Crippen LogP contribution in [0.15, 0.2) is 66.7 Å². The van der Waals surface area contributed by atoms with Crippen LogP contribution in [0.25, 0.3) is 11.1 Å². The number of alkyl carbamates (subject to hydrolysis) is 1. The van der Waals surface area contributed by atoms with E-state index in [9.17, 15) is 23.2 Å². The third-order valence-corrected chi connectivity index (χ3v) is 5.90. The lowest BCUT2D eigenvalue weighted by Gasteiger charge is -2.18. The minimum absolute atomic E-state index is 0.0634. The summed E-state index contributed by atoms with van der Waals surface area (Å²) in [5.74, 6) is -7.21. The molecule has 3 aromatic carbocycles. The van der Waals surface area contributed by atoms with Crippen LogP contribution in [-0.2, 0) is 9.53 Å². The molecule has 0 saturated carbocycles. The Hall–Kier alpha value is -3.98. The predicted octanol–water partition coefficient (Wildman–Crippen LogP) is 5.15. The molecule has 0 radical (unpaired) electrons. The summed E-state index contributed by atoms with van der Waals surface area (Å²) in [5, 5.41) is 12.6. The number of anilines is 1. The Kier molecular flexibility index (Phi) is 6.70. The molecule has 1 aliphatic rings. The first-order valence-electron chi connectivity index (χ1n) is 10.5. The van der Waals surface area contributed by atoms with Crippen molar-refractivity contribution in [2.45, 2.75) is 11.8 Å². The Bertz CT molecular complexity index is 1270. The van der Waals surface area contributed by atoms with Gasteiger partial charge in [0.05, 0.1) is 17.1 Å². The number of alkyl halides is 2. The number of ether oxygens (including phenoxy) is 1. The Morgan fingerprint density at radius 3 is 2.14 bits per heavy atom. The number of rotatable bonds is 7. The van der Waals surface area contributed by atoms with Crippen molar-refractivity contribution in [2.24, 2.45) is 0 Å². The molecule has 0 bridgehead atoms. The largest absolute Gasteiger partial charge is 0.478 e. The second-order valence-corrected chi connectivity index (χ2v) is 8.24. The molecule has 0 aliphatic heterocycles. The van der Waals surface area contributed by atoms with E-state index in [0.29, 0.717) is 0 Å². The molecule has 180 valence electrons. The van der Waals surface area contributed by atoms with Crippen LogP contribution in [0.4, 0.5) is 19.3 Å². The van der Waals surface area contributed by atoms with Gasteiger partial charge in [0, 0.05) is 11.6 Å². The van der Waals surface area contributed by atoms with Crippen molar-refractivity contribution in [1.29, 1.82) is 0 Å². The zero-order chi connectivity index (χ0) is 25.2. The number of carboxylic acid groups (broad SMARTS) is 1. The van der Waals surface area contributed by atoms with Gasteiger partial charge in [-0.05, 0) is 40.5 Å². The number of carbonyl (C=O) groups excluding carboxylic acids is 2. The number of nitrogens with one attached hydrogen (secondary N) is 2. The zero-order valence-corrected chi connectivity index (χ0v) is 18.8. The van der Waals surface area contributed by atoms with Crippen LogP contribution in [-0.4, -0.2) is 42.2 Å². The average molecular weight is 501 g/mol. The molecule has 10 heteroatoms. The lowest BCUT2D eigenvalue weighted by atomic mass is 9.98. The fourth-order valence-corrected chi connectivity index (χ4v) is 4.16. The quantitative estimate of drug-likeness (QED) is 0.416. The van der Waals surface area contributed by atoms with E-state index < -0.39 is 30.4 Å². The standard InChI is InChI=1S/C25H19ClF2N2O5/c26-21-11-14(9-10-19(21)22(31)32)30-23(33)25(27,28)13-29-24(34)35-12-20-17-7-3-1-5-15(17)16-6-2-4-8-18(16)20/h1-11,20H,12-13H2,(H,29,34)(H,30,33)(H,31,32). The molecule has 2 amide bonds. The number of carboxylic acids is 1. The van der Waals surface area contributed by atoms with Crippen LogP contribution in [0, 0.1) is 0 Å². The SMILES string of the molecule is O=C(NCC(F)(F)C(=O)Nc1ccc(C(=O)O)c(Cl)c1)OCC1c2ccccc2-c2ccccc21. The molecule has 35 heavy (non-hydrogen) atoms. The van der Waals surface area contributed by atoms with Gasteiger partial charge < -0.3 is 20.5 Å². The molecule has 0 unspecified atom stereocenters. The summed E-state index contributed by atoms with van der Waals surface area (Å²) in [7, 11) is 0. The van der Waals surface area contributed by atoms with E-state index in [4.69, 9.17) is 21.4 Å². The van der Waals surface area contributed by atoms with Crippen molar-refractivity contribution in [3.05, 3.63) is 88.4 Å². The number of hydrogen-bond acceptors (Lipinski definition) is 4. The van der Waals surface area contributed by atoms with Crippen LogP contribution in [0.2, 0.25) is 5.02 Å². The second kappa shape index (κ2) is 9.71. The predicted molar refractivity (Wildman–Crippen MR) is 125 cm³/mol. The van der Waals surface area contributed by atoms with Gasteiger partial charge in [0.2, 0.25) is 0 Å². The molecule has 0 heterocycles. The summed E-state index contributed by atoms with van der Waals surface area (Å²) in [6.45, 7) is -1.36. The first kappa shape index (κ1) is 24.2. The number of carbonyl (C=O) groups is 3. The summed E-state index contributed by atoms with van der Waals surface area (Å²) < 4.78 is 33.8. The number of halogens is 3. The lowest BCUT2D eigenvalue weighted by Crippen LogP contribution is -2.45. The van der Waals surface area contributed by atoms with Gasteiger partial charge in [-0.3, -0.25) is 4.79 Å². The maximum absolute atomic E-state index is 14.3. The average Bonchev–Trinajstić information content (AvgIpc) is 3.15.